The molecule has 0 aliphatic carbocycles. The van der Waals surface area contributed by atoms with E-state index in [9.17, 15) is 4.79 Å². The van der Waals surface area contributed by atoms with E-state index in [0.29, 0.717) is 5.69 Å². The maximum atomic E-state index is 11.8. The van der Waals surface area contributed by atoms with Crippen LogP contribution in [0.5, 0.6) is 0 Å². The molecule has 0 aliphatic heterocycles. The predicted molar refractivity (Wildman–Crippen MR) is 65.0 cm³/mol. The summed E-state index contributed by atoms with van der Waals surface area (Å²) in [4.78, 5) is 15.9. The van der Waals surface area contributed by atoms with Crippen molar-refractivity contribution in [2.24, 2.45) is 11.1 Å². The van der Waals surface area contributed by atoms with Crippen molar-refractivity contribution in [1.29, 1.82) is 0 Å². The Morgan fingerprint density at radius 2 is 2.12 bits per heavy atom. The van der Waals surface area contributed by atoms with Crippen LogP contribution in [0.2, 0.25) is 0 Å². The summed E-state index contributed by atoms with van der Waals surface area (Å²) in [6.45, 7) is 7.66. The van der Waals surface area contributed by atoms with E-state index in [1.807, 2.05) is 33.8 Å². The average molecular weight is 221 g/mol. The summed E-state index contributed by atoms with van der Waals surface area (Å²) in [7, 11) is 0. The van der Waals surface area contributed by atoms with Crippen molar-refractivity contribution in [2.45, 2.75) is 33.7 Å². The van der Waals surface area contributed by atoms with E-state index in [1.54, 1.807) is 12.3 Å². The van der Waals surface area contributed by atoms with Crippen LogP contribution < -0.4 is 11.1 Å². The standard InChI is InChI=1S/C12H19N3O/c1-8-9(6-5-7-14-8)15-11(16)10(13)12(2,3)4/h5-7,10H,13H2,1-4H3,(H,15,16)/t10-/m0/s1. The van der Waals surface area contributed by atoms with Crippen molar-refractivity contribution < 1.29 is 4.79 Å². The molecule has 0 saturated heterocycles. The number of hydrogen-bond acceptors (Lipinski definition) is 3. The lowest BCUT2D eigenvalue weighted by Crippen LogP contribution is -2.45. The number of nitrogens with one attached hydrogen (secondary N) is 1. The summed E-state index contributed by atoms with van der Waals surface area (Å²) < 4.78 is 0. The topological polar surface area (TPSA) is 68.0 Å². The molecule has 1 amide bonds. The first kappa shape index (κ1) is 12.6. The zero-order valence-corrected chi connectivity index (χ0v) is 10.2. The molecule has 88 valence electrons. The second-order valence-corrected chi connectivity index (χ2v) is 4.97. The first-order valence-electron chi connectivity index (χ1n) is 5.30. The van der Waals surface area contributed by atoms with Crippen LogP contribution in [-0.4, -0.2) is 16.9 Å². The van der Waals surface area contributed by atoms with E-state index in [0.717, 1.165) is 5.69 Å². The number of carbonyl (C=O) groups excluding carboxylic acids is 1. The Morgan fingerprint density at radius 1 is 1.50 bits per heavy atom. The highest BCUT2D eigenvalue weighted by atomic mass is 16.2. The van der Waals surface area contributed by atoms with Gasteiger partial charge in [-0.25, -0.2) is 0 Å². The fourth-order valence-corrected chi connectivity index (χ4v) is 1.22. The Labute approximate surface area is 96.3 Å². The van der Waals surface area contributed by atoms with E-state index in [1.165, 1.54) is 0 Å². The second kappa shape index (κ2) is 4.61. The number of hydrogen-bond donors (Lipinski definition) is 2. The zero-order valence-electron chi connectivity index (χ0n) is 10.2. The van der Waals surface area contributed by atoms with Gasteiger partial charge in [0.25, 0.3) is 0 Å². The van der Waals surface area contributed by atoms with Crippen molar-refractivity contribution in [1.82, 2.24) is 4.98 Å². The van der Waals surface area contributed by atoms with Gasteiger partial charge in [-0.05, 0) is 24.5 Å². The molecule has 0 aromatic carbocycles. The lowest BCUT2D eigenvalue weighted by Gasteiger charge is -2.25. The smallest absolute Gasteiger partial charge is 0.241 e. The summed E-state index contributed by atoms with van der Waals surface area (Å²) in [5.74, 6) is -0.177. The number of aryl methyl sites for hydroxylation is 1. The first-order valence-corrected chi connectivity index (χ1v) is 5.30. The third kappa shape index (κ3) is 3.03. The summed E-state index contributed by atoms with van der Waals surface area (Å²) in [5.41, 5.74) is 7.11. The van der Waals surface area contributed by atoms with Gasteiger partial charge in [0.2, 0.25) is 5.91 Å². The summed E-state index contributed by atoms with van der Waals surface area (Å²) >= 11 is 0. The lowest BCUT2D eigenvalue weighted by molar-refractivity contribution is -0.119. The molecule has 16 heavy (non-hydrogen) atoms. The lowest BCUT2D eigenvalue weighted by atomic mass is 9.87. The van der Waals surface area contributed by atoms with E-state index >= 15 is 0 Å². The van der Waals surface area contributed by atoms with Gasteiger partial charge < -0.3 is 11.1 Å². The van der Waals surface area contributed by atoms with Crippen molar-refractivity contribution in [3.63, 3.8) is 0 Å². The molecular formula is C12H19N3O. The minimum absolute atomic E-state index is 0.177. The van der Waals surface area contributed by atoms with Crippen LogP contribution in [-0.2, 0) is 4.79 Å². The van der Waals surface area contributed by atoms with Crippen molar-refractivity contribution in [2.75, 3.05) is 5.32 Å². The number of pyridine rings is 1. The van der Waals surface area contributed by atoms with Crippen LogP contribution >= 0.6 is 0 Å². The van der Waals surface area contributed by atoms with Crippen LogP contribution in [0, 0.1) is 12.3 Å². The number of carbonyl (C=O) groups is 1. The normalized spacial score (nSPS) is 13.3. The fraction of sp³-hybridized carbons (Fsp3) is 0.500. The van der Waals surface area contributed by atoms with E-state index in [4.69, 9.17) is 5.73 Å². The maximum Gasteiger partial charge on any atom is 0.241 e. The van der Waals surface area contributed by atoms with Gasteiger partial charge in [0.15, 0.2) is 0 Å². The highest BCUT2D eigenvalue weighted by Crippen LogP contribution is 2.19. The van der Waals surface area contributed by atoms with Crippen molar-refractivity contribution in [3.05, 3.63) is 24.0 Å². The maximum absolute atomic E-state index is 11.8. The van der Waals surface area contributed by atoms with Gasteiger partial charge in [0, 0.05) is 6.20 Å². The van der Waals surface area contributed by atoms with Gasteiger partial charge in [-0.15, -0.1) is 0 Å². The summed E-state index contributed by atoms with van der Waals surface area (Å²) in [6.07, 6.45) is 1.69. The minimum Gasteiger partial charge on any atom is -0.323 e. The fourth-order valence-electron chi connectivity index (χ4n) is 1.22. The molecule has 1 rings (SSSR count). The molecule has 1 atom stereocenters. The molecule has 1 aromatic rings. The third-order valence-corrected chi connectivity index (χ3v) is 2.48. The number of rotatable bonds is 2. The van der Waals surface area contributed by atoms with Gasteiger partial charge in [0.05, 0.1) is 17.4 Å². The number of amides is 1. The highest BCUT2D eigenvalue weighted by molar-refractivity contribution is 5.95. The highest BCUT2D eigenvalue weighted by Gasteiger charge is 2.27. The number of anilines is 1. The Hall–Kier alpha value is -1.42. The predicted octanol–water partition coefficient (Wildman–Crippen LogP) is 1.70. The molecule has 1 aromatic heterocycles. The molecule has 1 heterocycles. The molecule has 0 radical (unpaired) electrons. The summed E-state index contributed by atoms with van der Waals surface area (Å²) in [6, 6.07) is 3.06. The van der Waals surface area contributed by atoms with E-state index < -0.39 is 6.04 Å². The number of aromatic nitrogens is 1. The van der Waals surface area contributed by atoms with Gasteiger partial charge in [0.1, 0.15) is 0 Å². The van der Waals surface area contributed by atoms with Crippen LogP contribution in [0.15, 0.2) is 18.3 Å². The Bertz CT molecular complexity index is 382. The molecule has 4 nitrogen and oxygen atoms in total. The van der Waals surface area contributed by atoms with Crippen LogP contribution in [0.25, 0.3) is 0 Å². The Balaban J connectivity index is 2.76. The average Bonchev–Trinajstić information content (AvgIpc) is 2.19. The van der Waals surface area contributed by atoms with Crippen LogP contribution in [0.4, 0.5) is 5.69 Å². The molecule has 3 N–H and O–H groups in total. The molecule has 0 spiro atoms. The molecule has 0 fully saturated rings. The quantitative estimate of drug-likeness (QED) is 0.798. The third-order valence-electron chi connectivity index (χ3n) is 2.48. The SMILES string of the molecule is Cc1ncccc1NC(=O)[C@H](N)C(C)(C)C. The van der Waals surface area contributed by atoms with Gasteiger partial charge in [-0.1, -0.05) is 20.8 Å². The van der Waals surface area contributed by atoms with E-state index in [-0.39, 0.29) is 11.3 Å². The van der Waals surface area contributed by atoms with Crippen LogP contribution in [0.3, 0.4) is 0 Å². The molecule has 0 saturated carbocycles. The van der Waals surface area contributed by atoms with Gasteiger partial charge in [-0.2, -0.15) is 0 Å². The zero-order chi connectivity index (χ0) is 12.3. The van der Waals surface area contributed by atoms with Gasteiger partial charge >= 0.3 is 0 Å². The molecule has 0 aliphatic rings. The van der Waals surface area contributed by atoms with E-state index in [2.05, 4.69) is 10.3 Å². The van der Waals surface area contributed by atoms with Crippen molar-refractivity contribution in [3.8, 4) is 0 Å². The molecule has 0 unspecified atom stereocenters. The van der Waals surface area contributed by atoms with Crippen molar-refractivity contribution >= 4 is 11.6 Å². The molecule has 4 heteroatoms. The number of nitrogens with zero attached hydrogens (tertiary/aromatic N) is 1. The largest absolute Gasteiger partial charge is 0.323 e. The molecular weight excluding hydrogens is 202 g/mol. The van der Waals surface area contributed by atoms with Crippen LogP contribution in [0.1, 0.15) is 26.5 Å². The summed E-state index contributed by atoms with van der Waals surface area (Å²) in [5, 5.41) is 2.79. The first-order chi connectivity index (χ1) is 7.32. The monoisotopic (exact) mass is 221 g/mol. The molecule has 0 bridgehead atoms. The van der Waals surface area contributed by atoms with Gasteiger partial charge in [-0.3, -0.25) is 9.78 Å². The Morgan fingerprint density at radius 3 is 2.62 bits per heavy atom. The minimum atomic E-state index is -0.535. The second-order valence-electron chi connectivity index (χ2n) is 4.97. The number of nitrogens with two attached hydrogens (primary N) is 1. The Kier molecular flexibility index (Phi) is 3.65.